The summed E-state index contributed by atoms with van der Waals surface area (Å²) in [4.78, 5) is 6.85. The molecule has 0 aliphatic rings. The minimum absolute atomic E-state index is 0.173. The van der Waals surface area contributed by atoms with Crippen molar-refractivity contribution in [3.05, 3.63) is 42.1 Å². The SMILES string of the molecule is CS(=O)(=O)c1ncc(C(F)(F)F)c(-c2ccccc2)n1. The van der Waals surface area contributed by atoms with Crippen molar-refractivity contribution in [2.45, 2.75) is 11.3 Å². The van der Waals surface area contributed by atoms with Crippen molar-refractivity contribution in [3.8, 4) is 11.3 Å². The number of aromatic nitrogens is 2. The highest BCUT2D eigenvalue weighted by atomic mass is 32.2. The van der Waals surface area contributed by atoms with Gasteiger partial charge in [-0.25, -0.2) is 18.4 Å². The zero-order chi connectivity index (χ0) is 15.0. The van der Waals surface area contributed by atoms with E-state index in [-0.39, 0.29) is 5.56 Å². The molecule has 8 heteroatoms. The molecule has 20 heavy (non-hydrogen) atoms. The molecule has 0 N–H and O–H groups in total. The number of alkyl halides is 3. The van der Waals surface area contributed by atoms with Gasteiger partial charge in [0, 0.05) is 18.0 Å². The highest BCUT2D eigenvalue weighted by Crippen LogP contribution is 2.35. The number of benzene rings is 1. The normalized spacial score (nSPS) is 12.4. The summed E-state index contributed by atoms with van der Waals surface area (Å²) in [6.07, 6.45) is -3.34. The first-order valence-corrected chi connectivity index (χ1v) is 7.28. The predicted molar refractivity (Wildman–Crippen MR) is 65.6 cm³/mol. The van der Waals surface area contributed by atoms with Crippen LogP contribution in [0.2, 0.25) is 0 Å². The Hall–Kier alpha value is -1.96. The fourth-order valence-corrected chi connectivity index (χ4v) is 2.07. The number of rotatable bonds is 2. The number of hydrogen-bond acceptors (Lipinski definition) is 4. The lowest BCUT2D eigenvalue weighted by Gasteiger charge is -2.12. The van der Waals surface area contributed by atoms with Crippen molar-refractivity contribution in [1.29, 1.82) is 0 Å². The summed E-state index contributed by atoms with van der Waals surface area (Å²) in [6, 6.07) is 7.55. The summed E-state index contributed by atoms with van der Waals surface area (Å²) < 4.78 is 61.5. The first-order valence-electron chi connectivity index (χ1n) is 5.39. The second-order valence-corrected chi connectivity index (χ2v) is 5.96. The zero-order valence-electron chi connectivity index (χ0n) is 10.2. The van der Waals surface area contributed by atoms with E-state index in [1.807, 2.05) is 0 Å². The van der Waals surface area contributed by atoms with Gasteiger partial charge in [0.1, 0.15) is 5.56 Å². The molecular weight excluding hydrogens is 293 g/mol. The van der Waals surface area contributed by atoms with Gasteiger partial charge in [-0.05, 0) is 0 Å². The molecule has 106 valence electrons. The monoisotopic (exact) mass is 302 g/mol. The molecule has 0 spiro atoms. The maximum Gasteiger partial charge on any atom is 0.419 e. The van der Waals surface area contributed by atoms with Gasteiger partial charge in [-0.1, -0.05) is 30.3 Å². The molecule has 0 amide bonds. The predicted octanol–water partition coefficient (Wildman–Crippen LogP) is 2.57. The Morgan fingerprint density at radius 1 is 1.10 bits per heavy atom. The third-order valence-electron chi connectivity index (χ3n) is 2.45. The van der Waals surface area contributed by atoms with E-state index in [1.165, 1.54) is 24.3 Å². The second kappa shape index (κ2) is 4.86. The van der Waals surface area contributed by atoms with Gasteiger partial charge in [-0.3, -0.25) is 0 Å². The number of nitrogens with zero attached hydrogens (tertiary/aromatic N) is 2. The number of halogens is 3. The molecule has 0 bridgehead atoms. The van der Waals surface area contributed by atoms with E-state index in [2.05, 4.69) is 9.97 Å². The van der Waals surface area contributed by atoms with Gasteiger partial charge in [0.25, 0.3) is 0 Å². The average molecular weight is 302 g/mol. The third-order valence-corrected chi connectivity index (χ3v) is 3.31. The van der Waals surface area contributed by atoms with E-state index >= 15 is 0 Å². The van der Waals surface area contributed by atoms with Gasteiger partial charge in [0.05, 0.1) is 5.69 Å². The van der Waals surface area contributed by atoms with Crippen molar-refractivity contribution in [2.24, 2.45) is 0 Å². The van der Waals surface area contributed by atoms with Gasteiger partial charge in [-0.2, -0.15) is 13.2 Å². The minimum atomic E-state index is -4.67. The lowest BCUT2D eigenvalue weighted by molar-refractivity contribution is -0.137. The molecule has 2 aromatic rings. The van der Waals surface area contributed by atoms with E-state index in [0.29, 0.717) is 6.20 Å². The van der Waals surface area contributed by atoms with Gasteiger partial charge in [0.2, 0.25) is 15.0 Å². The Balaban J connectivity index is 2.74. The molecule has 0 saturated heterocycles. The first-order chi connectivity index (χ1) is 9.19. The van der Waals surface area contributed by atoms with Crippen LogP contribution < -0.4 is 0 Å². The summed E-state index contributed by atoms with van der Waals surface area (Å²) in [6.45, 7) is 0. The van der Waals surface area contributed by atoms with Crippen LogP contribution >= 0.6 is 0 Å². The molecule has 1 aromatic heterocycles. The lowest BCUT2D eigenvalue weighted by atomic mass is 10.1. The van der Waals surface area contributed by atoms with Gasteiger partial charge >= 0.3 is 6.18 Å². The summed E-state index contributed by atoms with van der Waals surface area (Å²) in [7, 11) is -3.79. The third kappa shape index (κ3) is 2.96. The molecular formula is C12H9F3N2O2S. The smallest absolute Gasteiger partial charge is 0.226 e. The van der Waals surface area contributed by atoms with Crippen LogP contribution in [0.3, 0.4) is 0 Å². The van der Waals surface area contributed by atoms with Gasteiger partial charge in [-0.15, -0.1) is 0 Å². The van der Waals surface area contributed by atoms with E-state index in [4.69, 9.17) is 0 Å². The molecule has 1 aromatic carbocycles. The van der Waals surface area contributed by atoms with Crippen LogP contribution in [0.15, 0.2) is 41.7 Å². The molecule has 4 nitrogen and oxygen atoms in total. The number of hydrogen-bond donors (Lipinski definition) is 0. The van der Waals surface area contributed by atoms with Crippen molar-refractivity contribution >= 4 is 9.84 Å². The summed E-state index contributed by atoms with van der Waals surface area (Å²) in [5, 5.41) is -0.635. The van der Waals surface area contributed by atoms with Crippen LogP contribution in [0.5, 0.6) is 0 Å². The average Bonchev–Trinajstić information content (AvgIpc) is 2.37. The zero-order valence-corrected chi connectivity index (χ0v) is 11.0. The molecule has 0 unspecified atom stereocenters. The molecule has 0 saturated carbocycles. The lowest BCUT2D eigenvalue weighted by Crippen LogP contribution is -2.13. The van der Waals surface area contributed by atoms with Crippen LogP contribution in [0.4, 0.5) is 13.2 Å². The maximum atomic E-state index is 12.9. The van der Waals surface area contributed by atoms with Gasteiger partial charge < -0.3 is 0 Å². The van der Waals surface area contributed by atoms with Gasteiger partial charge in [0.15, 0.2) is 0 Å². The summed E-state index contributed by atoms with van der Waals surface area (Å²) in [5.74, 6) is 0. The Labute approximate surface area is 113 Å². The van der Waals surface area contributed by atoms with Crippen LogP contribution in [0.25, 0.3) is 11.3 Å². The topological polar surface area (TPSA) is 59.9 Å². The van der Waals surface area contributed by atoms with Crippen LogP contribution in [0, 0.1) is 0 Å². The van der Waals surface area contributed by atoms with E-state index in [9.17, 15) is 21.6 Å². The fourth-order valence-electron chi connectivity index (χ4n) is 1.57. The molecule has 1 heterocycles. The highest BCUT2D eigenvalue weighted by molar-refractivity contribution is 7.90. The molecule has 0 atom stereocenters. The first kappa shape index (κ1) is 14.4. The van der Waals surface area contributed by atoms with Crippen molar-refractivity contribution < 1.29 is 21.6 Å². The van der Waals surface area contributed by atoms with Crippen molar-refractivity contribution in [3.63, 3.8) is 0 Å². The van der Waals surface area contributed by atoms with E-state index in [0.717, 1.165) is 6.26 Å². The fraction of sp³-hybridized carbons (Fsp3) is 0.167. The second-order valence-electron chi connectivity index (χ2n) is 4.05. The Morgan fingerprint density at radius 2 is 1.70 bits per heavy atom. The Kier molecular flexibility index (Phi) is 3.51. The quantitative estimate of drug-likeness (QED) is 0.800. The Morgan fingerprint density at radius 3 is 2.20 bits per heavy atom. The van der Waals surface area contributed by atoms with Crippen LogP contribution in [-0.2, 0) is 16.0 Å². The largest absolute Gasteiger partial charge is 0.419 e. The van der Waals surface area contributed by atoms with Crippen LogP contribution in [-0.4, -0.2) is 24.6 Å². The number of sulfone groups is 1. The molecule has 0 fully saturated rings. The molecule has 0 aliphatic heterocycles. The highest BCUT2D eigenvalue weighted by Gasteiger charge is 2.36. The maximum absolute atomic E-state index is 12.9. The summed E-state index contributed by atoms with van der Waals surface area (Å²) in [5.41, 5.74) is -1.35. The van der Waals surface area contributed by atoms with Crippen LogP contribution in [0.1, 0.15) is 5.56 Å². The molecule has 0 aliphatic carbocycles. The standard InChI is InChI=1S/C12H9F3N2O2S/c1-20(18,19)11-16-7-9(12(13,14)15)10(17-11)8-5-3-2-4-6-8/h2-7H,1H3. The molecule has 0 radical (unpaired) electrons. The van der Waals surface area contributed by atoms with Crippen molar-refractivity contribution in [1.82, 2.24) is 9.97 Å². The van der Waals surface area contributed by atoms with E-state index < -0.39 is 32.4 Å². The van der Waals surface area contributed by atoms with E-state index in [1.54, 1.807) is 6.07 Å². The molecule has 2 rings (SSSR count). The van der Waals surface area contributed by atoms with Crippen molar-refractivity contribution in [2.75, 3.05) is 6.26 Å². The summed E-state index contributed by atoms with van der Waals surface area (Å²) >= 11 is 0. The minimum Gasteiger partial charge on any atom is -0.226 e. The Bertz CT molecular complexity index is 728.